The Kier molecular flexibility index (Phi) is 4.09. The van der Waals surface area contributed by atoms with E-state index in [1.54, 1.807) is 12.4 Å². The minimum Gasteiger partial charge on any atom is -0.373 e. The van der Waals surface area contributed by atoms with E-state index in [0.717, 1.165) is 27.8 Å². The number of fused-ring (bicyclic) bond motifs is 1. The molecule has 1 N–H and O–H groups in total. The van der Waals surface area contributed by atoms with Crippen molar-refractivity contribution in [1.82, 2.24) is 15.0 Å². The van der Waals surface area contributed by atoms with Gasteiger partial charge in [0, 0.05) is 30.4 Å². The van der Waals surface area contributed by atoms with Crippen LogP contribution >= 0.6 is 0 Å². The summed E-state index contributed by atoms with van der Waals surface area (Å²) in [6, 6.07) is 16.8. The third-order valence-corrected chi connectivity index (χ3v) is 4.50. The summed E-state index contributed by atoms with van der Waals surface area (Å²) in [5.74, 6) is 1.51. The molecule has 0 atom stereocenters. The zero-order chi connectivity index (χ0) is 18.1. The Labute approximate surface area is 153 Å². The lowest BCUT2D eigenvalue weighted by molar-refractivity contribution is 1.19. The van der Waals surface area contributed by atoms with E-state index in [1.165, 1.54) is 16.7 Å². The van der Waals surface area contributed by atoms with Crippen molar-refractivity contribution in [1.29, 1.82) is 0 Å². The van der Waals surface area contributed by atoms with Crippen molar-refractivity contribution in [3.63, 3.8) is 0 Å². The Morgan fingerprint density at radius 1 is 0.846 bits per heavy atom. The highest BCUT2D eigenvalue weighted by molar-refractivity contribution is 5.96. The Morgan fingerprint density at radius 2 is 1.69 bits per heavy atom. The third-order valence-electron chi connectivity index (χ3n) is 4.50. The van der Waals surface area contributed by atoms with Crippen LogP contribution in [0.25, 0.3) is 33.4 Å². The second-order valence-corrected chi connectivity index (χ2v) is 6.45. The standard InChI is InChI=1S/C22H20N4/c1-14-6-4-7-16(10-14)18-11-15(2)20-19(12-18)22(23-3)26-21(25-20)17-8-5-9-24-13-17/h4-13H,1-3H3,(H,23,25,26). The minimum absolute atomic E-state index is 0.682. The number of nitrogens with zero attached hydrogens (tertiary/aromatic N) is 3. The van der Waals surface area contributed by atoms with E-state index < -0.39 is 0 Å². The van der Waals surface area contributed by atoms with Crippen molar-refractivity contribution in [2.45, 2.75) is 13.8 Å². The molecule has 2 heterocycles. The molecule has 0 saturated carbocycles. The van der Waals surface area contributed by atoms with Crippen LogP contribution in [0.5, 0.6) is 0 Å². The van der Waals surface area contributed by atoms with E-state index in [1.807, 2.05) is 19.2 Å². The van der Waals surface area contributed by atoms with Crippen LogP contribution < -0.4 is 5.32 Å². The van der Waals surface area contributed by atoms with E-state index in [2.05, 4.69) is 60.5 Å². The quantitative estimate of drug-likeness (QED) is 0.569. The number of hydrogen-bond donors (Lipinski definition) is 1. The van der Waals surface area contributed by atoms with Gasteiger partial charge in [-0.25, -0.2) is 9.97 Å². The molecule has 4 aromatic rings. The number of pyridine rings is 1. The average Bonchev–Trinajstić information content (AvgIpc) is 2.68. The van der Waals surface area contributed by atoms with Gasteiger partial charge in [-0.15, -0.1) is 0 Å². The fourth-order valence-electron chi connectivity index (χ4n) is 3.21. The van der Waals surface area contributed by atoms with Gasteiger partial charge in [-0.3, -0.25) is 4.98 Å². The van der Waals surface area contributed by atoms with Crippen LogP contribution in [0.2, 0.25) is 0 Å². The monoisotopic (exact) mass is 340 g/mol. The molecule has 0 radical (unpaired) electrons. The maximum absolute atomic E-state index is 4.81. The summed E-state index contributed by atoms with van der Waals surface area (Å²) in [4.78, 5) is 13.7. The Morgan fingerprint density at radius 3 is 2.42 bits per heavy atom. The van der Waals surface area contributed by atoms with Gasteiger partial charge in [-0.2, -0.15) is 0 Å². The van der Waals surface area contributed by atoms with Crippen molar-refractivity contribution in [2.75, 3.05) is 12.4 Å². The van der Waals surface area contributed by atoms with Crippen LogP contribution in [0.15, 0.2) is 60.9 Å². The number of nitrogens with one attached hydrogen (secondary N) is 1. The predicted octanol–water partition coefficient (Wildman–Crippen LogP) is 5.02. The maximum atomic E-state index is 4.81. The van der Waals surface area contributed by atoms with E-state index >= 15 is 0 Å². The topological polar surface area (TPSA) is 50.7 Å². The molecule has 2 aromatic carbocycles. The van der Waals surface area contributed by atoms with E-state index in [-0.39, 0.29) is 0 Å². The SMILES string of the molecule is CNc1nc(-c2cccnc2)nc2c(C)cc(-c3cccc(C)c3)cc12. The third kappa shape index (κ3) is 2.90. The summed E-state index contributed by atoms with van der Waals surface area (Å²) < 4.78 is 0. The number of benzene rings is 2. The predicted molar refractivity (Wildman–Crippen MR) is 107 cm³/mol. The number of rotatable bonds is 3. The first-order valence-corrected chi connectivity index (χ1v) is 8.63. The normalized spacial score (nSPS) is 10.9. The van der Waals surface area contributed by atoms with Gasteiger partial charge in [0.05, 0.1) is 5.52 Å². The minimum atomic E-state index is 0.682. The summed E-state index contributed by atoms with van der Waals surface area (Å²) >= 11 is 0. The van der Waals surface area contributed by atoms with Crippen LogP contribution in [0.1, 0.15) is 11.1 Å². The van der Waals surface area contributed by atoms with Crippen LogP contribution in [-0.2, 0) is 0 Å². The molecule has 0 aliphatic carbocycles. The first-order valence-electron chi connectivity index (χ1n) is 8.63. The number of aromatic nitrogens is 3. The molecule has 2 aromatic heterocycles. The smallest absolute Gasteiger partial charge is 0.163 e. The molecule has 0 aliphatic heterocycles. The number of aryl methyl sites for hydroxylation is 2. The summed E-state index contributed by atoms with van der Waals surface area (Å²) in [5.41, 5.74) is 6.62. The lowest BCUT2D eigenvalue weighted by Gasteiger charge is -2.12. The fraction of sp³-hybridized carbons (Fsp3) is 0.136. The first kappa shape index (κ1) is 16.2. The highest BCUT2D eigenvalue weighted by atomic mass is 15.0. The van der Waals surface area contributed by atoms with Crippen LogP contribution in [0.4, 0.5) is 5.82 Å². The van der Waals surface area contributed by atoms with Crippen molar-refractivity contribution in [3.05, 3.63) is 72.1 Å². The molecular weight excluding hydrogens is 320 g/mol. The summed E-state index contributed by atoms with van der Waals surface area (Å²) in [7, 11) is 1.89. The summed E-state index contributed by atoms with van der Waals surface area (Å²) in [6.45, 7) is 4.21. The average molecular weight is 340 g/mol. The van der Waals surface area contributed by atoms with Gasteiger partial charge < -0.3 is 5.32 Å². The van der Waals surface area contributed by atoms with E-state index in [4.69, 9.17) is 9.97 Å². The molecule has 0 saturated heterocycles. The lowest BCUT2D eigenvalue weighted by atomic mass is 9.99. The van der Waals surface area contributed by atoms with Gasteiger partial charge in [0.1, 0.15) is 5.82 Å². The highest BCUT2D eigenvalue weighted by Gasteiger charge is 2.12. The molecule has 4 heteroatoms. The molecule has 0 aliphatic rings. The largest absolute Gasteiger partial charge is 0.373 e. The first-order chi connectivity index (χ1) is 12.7. The zero-order valence-electron chi connectivity index (χ0n) is 15.1. The van der Waals surface area contributed by atoms with Gasteiger partial charge in [0.2, 0.25) is 0 Å². The van der Waals surface area contributed by atoms with Gasteiger partial charge in [0.15, 0.2) is 5.82 Å². The van der Waals surface area contributed by atoms with E-state index in [0.29, 0.717) is 5.82 Å². The number of hydrogen-bond acceptors (Lipinski definition) is 4. The van der Waals surface area contributed by atoms with Gasteiger partial charge in [-0.05, 0) is 54.8 Å². The number of anilines is 1. The molecule has 0 bridgehead atoms. The van der Waals surface area contributed by atoms with Gasteiger partial charge in [0.25, 0.3) is 0 Å². The summed E-state index contributed by atoms with van der Waals surface area (Å²) in [6.07, 6.45) is 3.54. The molecule has 128 valence electrons. The molecule has 4 nitrogen and oxygen atoms in total. The highest BCUT2D eigenvalue weighted by Crippen LogP contribution is 2.32. The van der Waals surface area contributed by atoms with Crippen molar-refractivity contribution in [2.24, 2.45) is 0 Å². The Bertz CT molecular complexity index is 1090. The van der Waals surface area contributed by atoms with Crippen LogP contribution in [0, 0.1) is 13.8 Å². The second-order valence-electron chi connectivity index (χ2n) is 6.45. The van der Waals surface area contributed by atoms with Crippen molar-refractivity contribution < 1.29 is 0 Å². The Balaban J connectivity index is 1.95. The summed E-state index contributed by atoms with van der Waals surface area (Å²) in [5, 5.41) is 4.25. The maximum Gasteiger partial charge on any atom is 0.163 e. The van der Waals surface area contributed by atoms with Crippen LogP contribution in [-0.4, -0.2) is 22.0 Å². The molecule has 0 spiro atoms. The molecule has 26 heavy (non-hydrogen) atoms. The van der Waals surface area contributed by atoms with Crippen molar-refractivity contribution in [3.8, 4) is 22.5 Å². The molecule has 0 amide bonds. The zero-order valence-corrected chi connectivity index (χ0v) is 15.1. The van der Waals surface area contributed by atoms with Gasteiger partial charge in [-0.1, -0.05) is 29.8 Å². The molecule has 0 unspecified atom stereocenters. The molecule has 0 fully saturated rings. The fourth-order valence-corrected chi connectivity index (χ4v) is 3.21. The lowest BCUT2D eigenvalue weighted by Crippen LogP contribution is -2.00. The van der Waals surface area contributed by atoms with Gasteiger partial charge >= 0.3 is 0 Å². The molecule has 4 rings (SSSR count). The second kappa shape index (κ2) is 6.56. The molecular formula is C22H20N4. The Hall–Kier alpha value is -3.27. The van der Waals surface area contributed by atoms with E-state index in [9.17, 15) is 0 Å². The van der Waals surface area contributed by atoms with Crippen molar-refractivity contribution >= 4 is 16.7 Å². The van der Waals surface area contributed by atoms with Crippen LogP contribution in [0.3, 0.4) is 0 Å².